The summed E-state index contributed by atoms with van der Waals surface area (Å²) in [7, 11) is 4.66. The van der Waals surface area contributed by atoms with E-state index in [1.807, 2.05) is 0 Å². The van der Waals surface area contributed by atoms with E-state index in [9.17, 15) is 9.59 Å². The van der Waals surface area contributed by atoms with Crippen LogP contribution in [0.25, 0.3) is 0 Å². The van der Waals surface area contributed by atoms with Crippen LogP contribution in [0.3, 0.4) is 0 Å². The Morgan fingerprint density at radius 3 is 2.46 bits per heavy atom. The van der Waals surface area contributed by atoms with Gasteiger partial charge in [-0.25, -0.2) is 0 Å². The Bertz CT molecular complexity index is 831. The predicted octanol–water partition coefficient (Wildman–Crippen LogP) is 2.15. The number of halogens is 1. The van der Waals surface area contributed by atoms with Gasteiger partial charge in [0.25, 0.3) is 5.91 Å². The van der Waals surface area contributed by atoms with Crippen molar-refractivity contribution in [1.82, 2.24) is 10.2 Å². The minimum atomic E-state index is -0.995. The number of esters is 1. The Morgan fingerprint density at radius 1 is 1.14 bits per heavy atom. The zero-order valence-corrected chi connectivity index (χ0v) is 16.7. The highest BCUT2D eigenvalue weighted by atomic mass is 35.5. The van der Waals surface area contributed by atoms with Gasteiger partial charge in [-0.3, -0.25) is 9.59 Å². The third-order valence-corrected chi connectivity index (χ3v) is 3.91. The zero-order valence-electron chi connectivity index (χ0n) is 15.9. The first-order chi connectivity index (χ1) is 13.3. The van der Waals surface area contributed by atoms with Gasteiger partial charge >= 0.3 is 5.97 Å². The molecule has 1 amide bonds. The number of hydrogen-bond donors (Lipinski definition) is 1. The van der Waals surface area contributed by atoms with Crippen LogP contribution in [0.2, 0.25) is 5.15 Å². The number of hydrogen-bond acceptors (Lipinski definition) is 8. The van der Waals surface area contributed by atoms with Crippen molar-refractivity contribution in [3.8, 4) is 11.5 Å². The molecule has 0 radical (unpaired) electrons. The molecule has 2 aromatic rings. The van der Waals surface area contributed by atoms with Gasteiger partial charge in [-0.15, -0.1) is 10.2 Å². The molecule has 28 heavy (non-hydrogen) atoms. The largest absolute Gasteiger partial charge is 0.493 e. The van der Waals surface area contributed by atoms with Crippen LogP contribution in [0.5, 0.6) is 11.5 Å². The fourth-order valence-electron chi connectivity index (χ4n) is 2.23. The lowest BCUT2D eigenvalue weighted by Gasteiger charge is -2.19. The second-order valence-electron chi connectivity index (χ2n) is 5.76. The van der Waals surface area contributed by atoms with E-state index in [1.54, 1.807) is 37.4 Å². The van der Waals surface area contributed by atoms with Crippen molar-refractivity contribution in [2.45, 2.75) is 13.0 Å². The average Bonchev–Trinajstić information content (AvgIpc) is 2.68. The number of ether oxygens (including phenoxy) is 3. The Labute approximate surface area is 167 Å². The molecule has 0 aliphatic carbocycles. The number of carbonyl (C=O) groups excluding carboxylic acids is 2. The first-order valence-corrected chi connectivity index (χ1v) is 8.64. The van der Waals surface area contributed by atoms with Crippen LogP contribution < -0.4 is 19.7 Å². The lowest BCUT2D eigenvalue weighted by atomic mass is 10.2. The van der Waals surface area contributed by atoms with Gasteiger partial charge in [0, 0.05) is 18.8 Å². The van der Waals surface area contributed by atoms with Gasteiger partial charge < -0.3 is 24.4 Å². The van der Waals surface area contributed by atoms with Crippen LogP contribution in [0.4, 0.5) is 11.5 Å². The molecule has 0 saturated heterocycles. The second-order valence-corrected chi connectivity index (χ2v) is 6.15. The maximum absolute atomic E-state index is 12.3. The summed E-state index contributed by atoms with van der Waals surface area (Å²) in [5.74, 6) is 0.386. The van der Waals surface area contributed by atoms with E-state index in [1.165, 1.54) is 26.0 Å². The molecule has 10 heteroatoms. The molecule has 1 heterocycles. The van der Waals surface area contributed by atoms with E-state index in [-0.39, 0.29) is 11.7 Å². The van der Waals surface area contributed by atoms with Crippen LogP contribution in [0.1, 0.15) is 6.92 Å². The van der Waals surface area contributed by atoms with Gasteiger partial charge in [-0.05, 0) is 31.2 Å². The summed E-state index contributed by atoms with van der Waals surface area (Å²) in [6, 6.07) is 8.10. The molecule has 1 unspecified atom stereocenters. The quantitative estimate of drug-likeness (QED) is 0.663. The van der Waals surface area contributed by atoms with Gasteiger partial charge in [0.15, 0.2) is 28.6 Å². The fourth-order valence-corrected chi connectivity index (χ4v) is 2.33. The lowest BCUT2D eigenvalue weighted by Crippen LogP contribution is -2.34. The molecule has 9 nitrogen and oxygen atoms in total. The third-order valence-electron chi connectivity index (χ3n) is 3.70. The first kappa shape index (κ1) is 21.2. The van der Waals surface area contributed by atoms with E-state index >= 15 is 0 Å². The summed E-state index contributed by atoms with van der Waals surface area (Å²) in [4.78, 5) is 25.9. The minimum absolute atomic E-state index is 0.107. The SMILES string of the molecule is COc1ccc(NC(=O)C(C)OC(=O)CN(C)c2ccc(Cl)nn2)cc1OC. The maximum atomic E-state index is 12.3. The molecule has 150 valence electrons. The highest BCUT2D eigenvalue weighted by Gasteiger charge is 2.20. The summed E-state index contributed by atoms with van der Waals surface area (Å²) < 4.78 is 15.5. The Balaban J connectivity index is 1.90. The molecule has 0 bridgehead atoms. The normalized spacial score (nSPS) is 11.3. The number of anilines is 2. The number of aromatic nitrogens is 2. The number of amides is 1. The second kappa shape index (κ2) is 9.75. The van der Waals surface area contributed by atoms with Crippen molar-refractivity contribution in [1.29, 1.82) is 0 Å². The molecule has 0 aliphatic heterocycles. The number of rotatable bonds is 8. The zero-order chi connectivity index (χ0) is 20.7. The van der Waals surface area contributed by atoms with Crippen LogP contribution in [0, 0.1) is 0 Å². The van der Waals surface area contributed by atoms with E-state index in [4.69, 9.17) is 25.8 Å². The van der Waals surface area contributed by atoms with E-state index < -0.39 is 18.0 Å². The third kappa shape index (κ3) is 5.71. The number of likely N-dealkylation sites (N-methyl/N-ethyl adjacent to an activating group) is 1. The molecular weight excluding hydrogens is 388 g/mol. The Morgan fingerprint density at radius 2 is 1.86 bits per heavy atom. The van der Waals surface area contributed by atoms with Gasteiger partial charge in [-0.1, -0.05) is 11.6 Å². The van der Waals surface area contributed by atoms with Gasteiger partial charge in [0.1, 0.15) is 6.54 Å². The van der Waals surface area contributed by atoms with Crippen molar-refractivity contribution in [2.24, 2.45) is 0 Å². The van der Waals surface area contributed by atoms with Crippen molar-refractivity contribution < 1.29 is 23.8 Å². The minimum Gasteiger partial charge on any atom is -0.493 e. The molecule has 1 aromatic heterocycles. The molecule has 0 saturated carbocycles. The Hall–Kier alpha value is -3.07. The number of nitrogens with one attached hydrogen (secondary N) is 1. The molecular formula is C18H21ClN4O5. The highest BCUT2D eigenvalue weighted by molar-refractivity contribution is 6.29. The molecule has 0 aliphatic rings. The standard InChI is InChI=1S/C18H21ClN4O5/c1-11(18(25)20-12-5-6-13(26-3)14(9-12)27-4)28-17(24)10-23(2)16-8-7-15(19)21-22-16/h5-9,11H,10H2,1-4H3,(H,20,25). The molecule has 1 aromatic carbocycles. The Kier molecular flexibility index (Phi) is 7.39. The molecule has 0 fully saturated rings. The van der Waals surface area contributed by atoms with E-state index in [0.717, 1.165) is 0 Å². The van der Waals surface area contributed by atoms with Crippen molar-refractivity contribution >= 4 is 35.0 Å². The van der Waals surface area contributed by atoms with Gasteiger partial charge in [0.2, 0.25) is 0 Å². The van der Waals surface area contributed by atoms with Crippen molar-refractivity contribution in [3.63, 3.8) is 0 Å². The molecule has 1 atom stereocenters. The highest BCUT2D eigenvalue weighted by Crippen LogP contribution is 2.29. The van der Waals surface area contributed by atoms with Gasteiger partial charge in [-0.2, -0.15) is 0 Å². The summed E-state index contributed by atoms with van der Waals surface area (Å²) in [5.41, 5.74) is 0.485. The molecule has 1 N–H and O–H groups in total. The summed E-state index contributed by atoms with van der Waals surface area (Å²) >= 11 is 5.69. The van der Waals surface area contributed by atoms with Gasteiger partial charge in [0.05, 0.1) is 14.2 Å². The van der Waals surface area contributed by atoms with Crippen LogP contribution in [-0.4, -0.2) is 56.0 Å². The molecule has 0 spiro atoms. The topological polar surface area (TPSA) is 103 Å². The van der Waals surface area contributed by atoms with Crippen LogP contribution in [-0.2, 0) is 14.3 Å². The average molecular weight is 409 g/mol. The molecule has 2 rings (SSSR count). The summed E-state index contributed by atoms with van der Waals surface area (Å²) in [6.07, 6.45) is -0.995. The summed E-state index contributed by atoms with van der Waals surface area (Å²) in [6.45, 7) is 1.38. The lowest BCUT2D eigenvalue weighted by molar-refractivity contribution is -0.151. The number of methoxy groups -OCH3 is 2. The summed E-state index contributed by atoms with van der Waals surface area (Å²) in [5, 5.41) is 10.5. The predicted molar refractivity (Wildman–Crippen MR) is 104 cm³/mol. The first-order valence-electron chi connectivity index (χ1n) is 8.26. The smallest absolute Gasteiger partial charge is 0.326 e. The van der Waals surface area contributed by atoms with E-state index in [2.05, 4.69) is 15.5 Å². The van der Waals surface area contributed by atoms with Crippen molar-refractivity contribution in [2.75, 3.05) is 38.0 Å². The van der Waals surface area contributed by atoms with Crippen LogP contribution >= 0.6 is 11.6 Å². The van der Waals surface area contributed by atoms with Crippen molar-refractivity contribution in [3.05, 3.63) is 35.5 Å². The maximum Gasteiger partial charge on any atom is 0.326 e. The number of carbonyl (C=O) groups is 2. The van der Waals surface area contributed by atoms with E-state index in [0.29, 0.717) is 23.0 Å². The monoisotopic (exact) mass is 408 g/mol. The fraction of sp³-hybridized carbons (Fsp3) is 0.333. The number of nitrogens with zero attached hydrogens (tertiary/aromatic N) is 3. The number of benzene rings is 1. The van der Waals surface area contributed by atoms with Crippen LogP contribution in [0.15, 0.2) is 30.3 Å².